The van der Waals surface area contributed by atoms with Crippen LogP contribution in [0.2, 0.25) is 0 Å². The summed E-state index contributed by atoms with van der Waals surface area (Å²) < 4.78 is 0. The SMILES string of the molecule is CCN(CC)C(=O)Nc1[nH]ncc1C#N. The minimum absolute atomic E-state index is 0.235. The summed E-state index contributed by atoms with van der Waals surface area (Å²) >= 11 is 0. The lowest BCUT2D eigenvalue weighted by Gasteiger charge is -2.18. The van der Waals surface area contributed by atoms with Crippen LogP contribution in [0.4, 0.5) is 10.6 Å². The van der Waals surface area contributed by atoms with Crippen LogP contribution in [0.1, 0.15) is 19.4 Å². The molecule has 0 saturated heterocycles. The van der Waals surface area contributed by atoms with E-state index >= 15 is 0 Å². The second kappa shape index (κ2) is 5.00. The van der Waals surface area contributed by atoms with Crippen LogP contribution in [0.15, 0.2) is 6.20 Å². The molecule has 6 nitrogen and oxygen atoms in total. The van der Waals surface area contributed by atoms with Gasteiger partial charge in [-0.25, -0.2) is 4.79 Å². The zero-order chi connectivity index (χ0) is 11.3. The van der Waals surface area contributed by atoms with Crippen LogP contribution in [0.3, 0.4) is 0 Å². The Morgan fingerprint density at radius 3 is 2.87 bits per heavy atom. The van der Waals surface area contributed by atoms with Gasteiger partial charge in [0.15, 0.2) is 0 Å². The van der Waals surface area contributed by atoms with E-state index in [1.807, 2.05) is 19.9 Å². The van der Waals surface area contributed by atoms with E-state index in [1.165, 1.54) is 6.20 Å². The van der Waals surface area contributed by atoms with E-state index < -0.39 is 0 Å². The fourth-order valence-corrected chi connectivity index (χ4v) is 1.16. The lowest BCUT2D eigenvalue weighted by molar-refractivity contribution is 0.217. The largest absolute Gasteiger partial charge is 0.325 e. The molecule has 0 spiro atoms. The Morgan fingerprint density at radius 1 is 1.67 bits per heavy atom. The van der Waals surface area contributed by atoms with Gasteiger partial charge in [-0.15, -0.1) is 0 Å². The summed E-state index contributed by atoms with van der Waals surface area (Å²) in [5.41, 5.74) is 0.329. The predicted molar refractivity (Wildman–Crippen MR) is 55.2 cm³/mol. The van der Waals surface area contributed by atoms with E-state index in [0.29, 0.717) is 24.5 Å². The van der Waals surface area contributed by atoms with Gasteiger partial charge in [0.2, 0.25) is 0 Å². The molecule has 0 radical (unpaired) electrons. The summed E-state index contributed by atoms with van der Waals surface area (Å²) in [4.78, 5) is 13.2. The molecule has 1 heterocycles. The Labute approximate surface area is 87.9 Å². The zero-order valence-corrected chi connectivity index (χ0v) is 8.74. The molecule has 2 amide bonds. The molecule has 0 saturated carbocycles. The normalized spacial score (nSPS) is 9.40. The molecule has 1 rings (SSSR count). The molecule has 0 bridgehead atoms. The fourth-order valence-electron chi connectivity index (χ4n) is 1.16. The van der Waals surface area contributed by atoms with Crippen LogP contribution in [-0.2, 0) is 0 Å². The van der Waals surface area contributed by atoms with Crippen LogP contribution in [0.5, 0.6) is 0 Å². The second-order valence-corrected chi connectivity index (χ2v) is 2.87. The molecule has 6 heteroatoms. The van der Waals surface area contributed by atoms with Crippen molar-refractivity contribution in [1.82, 2.24) is 15.1 Å². The van der Waals surface area contributed by atoms with Gasteiger partial charge >= 0.3 is 6.03 Å². The number of urea groups is 1. The van der Waals surface area contributed by atoms with E-state index in [9.17, 15) is 4.79 Å². The summed E-state index contributed by atoms with van der Waals surface area (Å²) in [7, 11) is 0. The number of carbonyl (C=O) groups is 1. The molecule has 80 valence electrons. The third-order valence-corrected chi connectivity index (χ3v) is 2.04. The van der Waals surface area contributed by atoms with Gasteiger partial charge in [-0.2, -0.15) is 10.4 Å². The van der Waals surface area contributed by atoms with Gasteiger partial charge in [0.25, 0.3) is 0 Å². The highest BCUT2D eigenvalue weighted by Gasteiger charge is 2.12. The molecule has 15 heavy (non-hydrogen) atoms. The molecule has 0 aliphatic rings. The number of aromatic amines is 1. The zero-order valence-electron chi connectivity index (χ0n) is 8.74. The average Bonchev–Trinajstić information content (AvgIpc) is 2.67. The molecule has 0 aliphatic heterocycles. The van der Waals surface area contributed by atoms with E-state index in [4.69, 9.17) is 5.26 Å². The third-order valence-electron chi connectivity index (χ3n) is 2.04. The Morgan fingerprint density at radius 2 is 2.33 bits per heavy atom. The highest BCUT2D eigenvalue weighted by atomic mass is 16.2. The van der Waals surface area contributed by atoms with Crippen LogP contribution in [0, 0.1) is 11.3 Å². The number of rotatable bonds is 3. The summed E-state index contributed by atoms with van der Waals surface area (Å²) in [6.45, 7) is 5.03. The fraction of sp³-hybridized carbons (Fsp3) is 0.444. The van der Waals surface area contributed by atoms with E-state index in [0.717, 1.165) is 0 Å². The first kappa shape index (κ1) is 11.0. The first-order valence-corrected chi connectivity index (χ1v) is 4.72. The standard InChI is InChI=1S/C9H13N5O/c1-3-14(4-2)9(15)12-8-7(5-10)6-11-13-8/h6H,3-4H2,1-2H3,(H2,11,12,13,15). The number of amides is 2. The summed E-state index contributed by atoms with van der Waals surface area (Å²) in [6.07, 6.45) is 1.37. The van der Waals surface area contributed by atoms with Gasteiger partial charge in [-0.05, 0) is 13.8 Å². The highest BCUT2D eigenvalue weighted by molar-refractivity contribution is 5.89. The Kier molecular flexibility index (Phi) is 3.68. The van der Waals surface area contributed by atoms with Crippen molar-refractivity contribution in [1.29, 1.82) is 5.26 Å². The van der Waals surface area contributed by atoms with Crippen LogP contribution in [0.25, 0.3) is 0 Å². The predicted octanol–water partition coefficient (Wildman–Crippen LogP) is 1.16. The van der Waals surface area contributed by atoms with Gasteiger partial charge in [0.1, 0.15) is 17.5 Å². The molecule has 1 aromatic heterocycles. The van der Waals surface area contributed by atoms with Crippen molar-refractivity contribution in [2.45, 2.75) is 13.8 Å². The number of hydrogen-bond acceptors (Lipinski definition) is 3. The number of aromatic nitrogens is 2. The maximum Gasteiger partial charge on any atom is 0.323 e. The first-order valence-electron chi connectivity index (χ1n) is 4.72. The molecule has 1 aromatic rings. The van der Waals surface area contributed by atoms with Crippen molar-refractivity contribution < 1.29 is 4.79 Å². The molecular weight excluding hydrogens is 194 g/mol. The minimum Gasteiger partial charge on any atom is -0.325 e. The van der Waals surface area contributed by atoms with Crippen molar-refractivity contribution in [3.05, 3.63) is 11.8 Å². The topological polar surface area (TPSA) is 84.8 Å². The van der Waals surface area contributed by atoms with E-state index in [1.54, 1.807) is 4.90 Å². The molecule has 0 aliphatic carbocycles. The molecule has 0 aromatic carbocycles. The summed E-state index contributed by atoms with van der Waals surface area (Å²) in [5.74, 6) is 0.342. The van der Waals surface area contributed by atoms with Crippen molar-refractivity contribution in [3.63, 3.8) is 0 Å². The van der Waals surface area contributed by atoms with Gasteiger partial charge in [0, 0.05) is 13.1 Å². The summed E-state index contributed by atoms with van der Waals surface area (Å²) in [6, 6.07) is 1.69. The maximum absolute atomic E-state index is 11.6. The molecule has 2 N–H and O–H groups in total. The van der Waals surface area contributed by atoms with Gasteiger partial charge in [-0.1, -0.05) is 0 Å². The Balaban J connectivity index is 2.70. The van der Waals surface area contributed by atoms with Crippen LogP contribution >= 0.6 is 0 Å². The number of nitrogens with zero attached hydrogens (tertiary/aromatic N) is 3. The van der Waals surface area contributed by atoms with Gasteiger partial charge in [-0.3, -0.25) is 10.4 Å². The number of H-pyrrole nitrogens is 1. The highest BCUT2D eigenvalue weighted by Crippen LogP contribution is 2.09. The van der Waals surface area contributed by atoms with Crippen molar-refractivity contribution in [2.24, 2.45) is 0 Å². The quantitative estimate of drug-likeness (QED) is 0.779. The number of hydrogen-bond donors (Lipinski definition) is 2. The van der Waals surface area contributed by atoms with E-state index in [-0.39, 0.29) is 6.03 Å². The van der Waals surface area contributed by atoms with Crippen molar-refractivity contribution >= 4 is 11.8 Å². The lowest BCUT2D eigenvalue weighted by Crippen LogP contribution is -2.34. The van der Waals surface area contributed by atoms with Crippen LogP contribution < -0.4 is 5.32 Å². The van der Waals surface area contributed by atoms with E-state index in [2.05, 4.69) is 15.5 Å². The lowest BCUT2D eigenvalue weighted by atomic mass is 10.3. The molecular formula is C9H13N5O. The molecule has 0 fully saturated rings. The number of nitrogens with one attached hydrogen (secondary N) is 2. The smallest absolute Gasteiger partial charge is 0.323 e. The molecule has 0 atom stereocenters. The minimum atomic E-state index is -0.235. The summed E-state index contributed by atoms with van der Waals surface area (Å²) in [5, 5.41) is 17.5. The number of carbonyl (C=O) groups excluding carboxylic acids is 1. The molecule has 0 unspecified atom stereocenters. The number of anilines is 1. The average molecular weight is 207 g/mol. The number of nitriles is 1. The van der Waals surface area contributed by atoms with Crippen molar-refractivity contribution in [3.8, 4) is 6.07 Å². The van der Waals surface area contributed by atoms with Gasteiger partial charge < -0.3 is 4.90 Å². The maximum atomic E-state index is 11.6. The van der Waals surface area contributed by atoms with Gasteiger partial charge in [0.05, 0.1) is 6.20 Å². The monoisotopic (exact) mass is 207 g/mol. The van der Waals surface area contributed by atoms with Crippen LogP contribution in [-0.4, -0.2) is 34.2 Å². The Hall–Kier alpha value is -2.03. The van der Waals surface area contributed by atoms with Crippen molar-refractivity contribution in [2.75, 3.05) is 18.4 Å². The Bertz CT molecular complexity index is 374. The first-order chi connectivity index (χ1) is 7.22. The third kappa shape index (κ3) is 2.47. The second-order valence-electron chi connectivity index (χ2n) is 2.87.